The smallest absolute Gasteiger partial charge is 0.272 e. The molecule has 82 valence electrons. The van der Waals surface area contributed by atoms with Crippen molar-refractivity contribution in [3.63, 3.8) is 0 Å². The zero-order valence-electron chi connectivity index (χ0n) is 7.52. The first-order valence-electron chi connectivity index (χ1n) is 3.95. The maximum Gasteiger partial charge on any atom is 0.272 e. The van der Waals surface area contributed by atoms with Gasteiger partial charge in [-0.25, -0.2) is 8.78 Å². The van der Waals surface area contributed by atoms with E-state index in [9.17, 15) is 18.9 Å². The van der Waals surface area contributed by atoms with Crippen LogP contribution in [0, 0.1) is 10.1 Å². The summed E-state index contributed by atoms with van der Waals surface area (Å²) in [5.74, 6) is 0.0147. The zero-order valence-corrected chi connectivity index (χ0v) is 7.52. The molecule has 0 unspecified atom stereocenters. The van der Waals surface area contributed by atoms with Crippen molar-refractivity contribution in [2.45, 2.75) is 6.43 Å². The third-order valence-electron chi connectivity index (χ3n) is 1.57. The van der Waals surface area contributed by atoms with Crippen LogP contribution in [-0.2, 0) is 0 Å². The highest BCUT2D eigenvalue weighted by molar-refractivity contribution is 5.58. The molecule has 1 aromatic rings. The van der Waals surface area contributed by atoms with Crippen LogP contribution in [0.1, 0.15) is 0 Å². The van der Waals surface area contributed by atoms with Gasteiger partial charge >= 0.3 is 0 Å². The summed E-state index contributed by atoms with van der Waals surface area (Å²) in [6.07, 6.45) is -2.61. The number of benzene rings is 1. The molecule has 0 saturated carbocycles. The van der Waals surface area contributed by atoms with E-state index in [0.29, 0.717) is 0 Å². The fraction of sp³-hybridized carbons (Fsp3) is 0.250. The molecule has 0 atom stereocenters. The normalized spacial score (nSPS) is 10.3. The van der Waals surface area contributed by atoms with Crippen molar-refractivity contribution < 1.29 is 18.4 Å². The molecule has 0 bridgehead atoms. The molecule has 1 aromatic carbocycles. The molecule has 1 rings (SSSR count). The molecule has 2 N–H and O–H groups in total. The topological polar surface area (TPSA) is 78.4 Å². The number of alkyl halides is 2. The van der Waals surface area contributed by atoms with Crippen LogP contribution >= 0.6 is 0 Å². The van der Waals surface area contributed by atoms with Crippen LogP contribution in [0.25, 0.3) is 0 Å². The van der Waals surface area contributed by atoms with E-state index in [0.717, 1.165) is 12.1 Å². The van der Waals surface area contributed by atoms with E-state index in [1.807, 2.05) is 0 Å². The Bertz CT molecular complexity index is 371. The SMILES string of the molecule is Nc1cc([N+](=O)[O-])ccc1OCC(F)F. The van der Waals surface area contributed by atoms with Gasteiger partial charge in [-0.2, -0.15) is 0 Å². The molecule has 0 saturated heterocycles. The second-order valence-corrected chi connectivity index (χ2v) is 2.68. The van der Waals surface area contributed by atoms with Gasteiger partial charge in [-0.3, -0.25) is 10.1 Å². The number of hydrogen-bond acceptors (Lipinski definition) is 4. The van der Waals surface area contributed by atoms with Crippen LogP contribution in [0.15, 0.2) is 18.2 Å². The summed E-state index contributed by atoms with van der Waals surface area (Å²) < 4.78 is 28.2. The minimum atomic E-state index is -2.61. The van der Waals surface area contributed by atoms with Gasteiger partial charge in [0.25, 0.3) is 12.1 Å². The van der Waals surface area contributed by atoms with Gasteiger partial charge < -0.3 is 10.5 Å². The molecule has 0 aliphatic carbocycles. The number of anilines is 1. The van der Waals surface area contributed by atoms with Crippen molar-refractivity contribution in [2.75, 3.05) is 12.3 Å². The number of hydrogen-bond donors (Lipinski definition) is 1. The summed E-state index contributed by atoms with van der Waals surface area (Å²) >= 11 is 0. The summed E-state index contributed by atoms with van der Waals surface area (Å²) in [6, 6.07) is 3.38. The maximum absolute atomic E-state index is 11.8. The number of nitrogen functional groups attached to an aromatic ring is 1. The maximum atomic E-state index is 11.8. The fourth-order valence-electron chi connectivity index (χ4n) is 0.934. The Hall–Kier alpha value is -1.92. The molecule has 5 nitrogen and oxygen atoms in total. The van der Waals surface area contributed by atoms with Crippen LogP contribution in [0.3, 0.4) is 0 Å². The van der Waals surface area contributed by atoms with Crippen LogP contribution < -0.4 is 10.5 Å². The predicted molar refractivity (Wildman–Crippen MR) is 49.0 cm³/mol. The van der Waals surface area contributed by atoms with E-state index in [-0.39, 0.29) is 17.1 Å². The van der Waals surface area contributed by atoms with Gasteiger partial charge in [0.15, 0.2) is 0 Å². The van der Waals surface area contributed by atoms with Gasteiger partial charge in [-0.15, -0.1) is 0 Å². The number of non-ortho nitro benzene ring substituents is 1. The second-order valence-electron chi connectivity index (χ2n) is 2.68. The van der Waals surface area contributed by atoms with E-state index in [4.69, 9.17) is 5.73 Å². The van der Waals surface area contributed by atoms with Gasteiger partial charge in [0.1, 0.15) is 12.4 Å². The Kier molecular flexibility index (Phi) is 3.37. The minimum Gasteiger partial charge on any atom is -0.485 e. The van der Waals surface area contributed by atoms with Gasteiger partial charge in [-0.05, 0) is 6.07 Å². The Balaban J connectivity index is 2.79. The third kappa shape index (κ3) is 3.04. The van der Waals surface area contributed by atoms with E-state index >= 15 is 0 Å². The fourth-order valence-corrected chi connectivity index (χ4v) is 0.934. The summed E-state index contributed by atoms with van der Waals surface area (Å²) in [4.78, 5) is 9.69. The molecular formula is C8H8F2N2O3. The zero-order chi connectivity index (χ0) is 11.4. The molecule has 15 heavy (non-hydrogen) atoms. The summed E-state index contributed by atoms with van der Waals surface area (Å²) in [5, 5.41) is 10.3. The van der Waals surface area contributed by atoms with E-state index in [1.54, 1.807) is 0 Å². The predicted octanol–water partition coefficient (Wildman–Crippen LogP) is 1.82. The molecule has 0 aliphatic heterocycles. The van der Waals surface area contributed by atoms with Crippen molar-refractivity contribution in [2.24, 2.45) is 0 Å². The van der Waals surface area contributed by atoms with Gasteiger partial charge in [-0.1, -0.05) is 0 Å². The second kappa shape index (κ2) is 4.54. The quantitative estimate of drug-likeness (QED) is 0.475. The van der Waals surface area contributed by atoms with E-state index in [1.165, 1.54) is 6.07 Å². The number of ether oxygens (including phenoxy) is 1. The lowest BCUT2D eigenvalue weighted by Crippen LogP contribution is -2.08. The van der Waals surface area contributed by atoms with Crippen molar-refractivity contribution in [1.29, 1.82) is 0 Å². The Morgan fingerprint density at radius 3 is 2.67 bits per heavy atom. The average molecular weight is 218 g/mol. The highest BCUT2D eigenvalue weighted by Crippen LogP contribution is 2.26. The summed E-state index contributed by atoms with van der Waals surface area (Å²) in [5.41, 5.74) is 5.12. The average Bonchev–Trinajstić information content (AvgIpc) is 2.15. The Morgan fingerprint density at radius 2 is 2.20 bits per heavy atom. The molecule has 7 heteroatoms. The highest BCUT2D eigenvalue weighted by Gasteiger charge is 2.11. The van der Waals surface area contributed by atoms with Crippen molar-refractivity contribution >= 4 is 11.4 Å². The standard InChI is InChI=1S/C8H8F2N2O3/c9-8(10)4-15-7-2-1-5(12(13)14)3-6(7)11/h1-3,8H,4,11H2. The van der Waals surface area contributed by atoms with Crippen LogP contribution in [0.5, 0.6) is 5.75 Å². The highest BCUT2D eigenvalue weighted by atomic mass is 19.3. The van der Waals surface area contributed by atoms with E-state index in [2.05, 4.69) is 4.74 Å². The molecule has 0 heterocycles. The third-order valence-corrected chi connectivity index (χ3v) is 1.57. The number of nitro groups is 1. The molecule has 0 amide bonds. The Morgan fingerprint density at radius 1 is 1.53 bits per heavy atom. The van der Waals surface area contributed by atoms with Crippen LogP contribution in [0.4, 0.5) is 20.2 Å². The van der Waals surface area contributed by atoms with Crippen molar-refractivity contribution in [3.05, 3.63) is 28.3 Å². The van der Waals surface area contributed by atoms with E-state index < -0.39 is 18.0 Å². The van der Waals surface area contributed by atoms with Crippen molar-refractivity contribution in [3.8, 4) is 5.75 Å². The molecule has 0 spiro atoms. The molecule has 0 aromatic heterocycles. The largest absolute Gasteiger partial charge is 0.485 e. The number of halogens is 2. The summed E-state index contributed by atoms with van der Waals surface area (Å²) in [6.45, 7) is -0.790. The van der Waals surface area contributed by atoms with Gasteiger partial charge in [0.05, 0.1) is 10.6 Å². The van der Waals surface area contributed by atoms with Crippen LogP contribution in [-0.4, -0.2) is 18.0 Å². The number of rotatable bonds is 4. The number of nitrogens with zero attached hydrogens (tertiary/aromatic N) is 1. The molecule has 0 radical (unpaired) electrons. The lowest BCUT2D eigenvalue weighted by Gasteiger charge is -2.07. The first-order valence-corrected chi connectivity index (χ1v) is 3.95. The first kappa shape index (κ1) is 11.2. The minimum absolute atomic E-state index is 0.0147. The van der Waals surface area contributed by atoms with Gasteiger partial charge in [0.2, 0.25) is 0 Å². The molecule has 0 fully saturated rings. The summed E-state index contributed by atoms with van der Waals surface area (Å²) in [7, 11) is 0. The number of nitrogens with two attached hydrogens (primary N) is 1. The molecular weight excluding hydrogens is 210 g/mol. The lowest BCUT2D eigenvalue weighted by atomic mass is 10.2. The monoisotopic (exact) mass is 218 g/mol. The number of nitro benzene ring substituents is 1. The first-order chi connectivity index (χ1) is 7.00. The Labute approximate surface area is 83.6 Å². The molecule has 0 aliphatic rings. The van der Waals surface area contributed by atoms with Crippen LogP contribution in [0.2, 0.25) is 0 Å². The van der Waals surface area contributed by atoms with Gasteiger partial charge in [0, 0.05) is 12.1 Å². The lowest BCUT2D eigenvalue weighted by molar-refractivity contribution is -0.384. The van der Waals surface area contributed by atoms with Crippen molar-refractivity contribution in [1.82, 2.24) is 0 Å².